The minimum atomic E-state index is -2.01. The Morgan fingerprint density at radius 2 is 1.41 bits per heavy atom. The lowest BCUT2D eigenvalue weighted by molar-refractivity contribution is -0.255. The number of methoxy groups -OCH3 is 1. The molecule has 5 nitrogen and oxygen atoms in total. The number of hydrogen-bond donors (Lipinski definition) is 0. The fraction of sp³-hybridized carbons (Fsp3) is 0.800. The molecule has 0 amide bonds. The largest absolute Gasteiger partial charge is 0.497 e. The summed E-state index contributed by atoms with van der Waals surface area (Å²) in [7, 11) is -2.22. The van der Waals surface area contributed by atoms with E-state index in [1.807, 2.05) is 24.3 Å². The van der Waals surface area contributed by atoms with Gasteiger partial charge in [-0.2, -0.15) is 0 Å². The molecule has 0 unspecified atom stereocenters. The highest BCUT2D eigenvalue weighted by Gasteiger charge is 2.45. The summed E-state index contributed by atoms with van der Waals surface area (Å²) in [4.78, 5) is 0. The van der Waals surface area contributed by atoms with E-state index in [1.54, 1.807) is 7.11 Å². The summed E-state index contributed by atoms with van der Waals surface area (Å²) < 4.78 is 32.1. The van der Waals surface area contributed by atoms with E-state index in [1.165, 1.54) is 0 Å². The lowest BCUT2D eigenvalue weighted by Crippen LogP contribution is -2.51. The molecule has 7 heteroatoms. The van der Waals surface area contributed by atoms with Crippen molar-refractivity contribution >= 4 is 16.6 Å². The van der Waals surface area contributed by atoms with Crippen molar-refractivity contribution in [2.24, 2.45) is 11.8 Å². The van der Waals surface area contributed by atoms with Crippen molar-refractivity contribution in [3.63, 3.8) is 0 Å². The Labute approximate surface area is 230 Å². The van der Waals surface area contributed by atoms with Crippen LogP contribution >= 0.6 is 0 Å². The van der Waals surface area contributed by atoms with Gasteiger partial charge in [0.25, 0.3) is 0 Å². The molecule has 0 N–H and O–H groups in total. The van der Waals surface area contributed by atoms with Crippen LogP contribution in [-0.4, -0.2) is 48.7 Å². The zero-order chi connectivity index (χ0) is 28.4. The highest BCUT2D eigenvalue weighted by molar-refractivity contribution is 6.74. The van der Waals surface area contributed by atoms with Crippen molar-refractivity contribution < 1.29 is 23.1 Å². The lowest BCUT2D eigenvalue weighted by Gasteiger charge is -2.46. The Hall–Kier alpha value is -0.706. The normalized spacial score (nSPS) is 24.4. The van der Waals surface area contributed by atoms with Crippen molar-refractivity contribution in [2.45, 2.75) is 130 Å². The smallest absolute Gasteiger partial charge is 0.192 e. The van der Waals surface area contributed by atoms with E-state index >= 15 is 0 Å². The zero-order valence-electron chi connectivity index (χ0n) is 26.2. The monoisotopic (exact) mass is 552 g/mol. The van der Waals surface area contributed by atoms with Crippen LogP contribution in [0.5, 0.6) is 5.75 Å². The van der Waals surface area contributed by atoms with Crippen molar-refractivity contribution in [3.05, 3.63) is 29.8 Å². The molecule has 1 heterocycles. The maximum atomic E-state index is 7.14. The summed E-state index contributed by atoms with van der Waals surface area (Å²) >= 11 is 0. The minimum absolute atomic E-state index is 0.0238. The highest BCUT2D eigenvalue weighted by atomic mass is 28.4. The maximum Gasteiger partial charge on any atom is 0.192 e. The van der Waals surface area contributed by atoms with Crippen LogP contribution in [0.3, 0.4) is 0 Å². The summed E-state index contributed by atoms with van der Waals surface area (Å²) in [6.07, 6.45) is 0.661. The van der Waals surface area contributed by atoms with Crippen LogP contribution in [0.1, 0.15) is 80.6 Å². The molecule has 2 rings (SSSR count). The third-order valence-electron chi connectivity index (χ3n) is 8.96. The minimum Gasteiger partial charge on any atom is -0.497 e. The molecule has 214 valence electrons. The SMILES string of the molecule is COc1ccc([C@H]2OC[C@H](C)[C@@H]([C@@H](C)[C@H](C[C@@H](C)O[Si](C)(C)C(C)(C)C)O[Si](C)(C)C(C)(C)C)O2)cc1. The zero-order valence-corrected chi connectivity index (χ0v) is 28.2. The van der Waals surface area contributed by atoms with E-state index in [9.17, 15) is 0 Å². The van der Waals surface area contributed by atoms with Gasteiger partial charge < -0.3 is 23.1 Å². The van der Waals surface area contributed by atoms with Gasteiger partial charge in [-0.1, -0.05) is 67.5 Å². The Morgan fingerprint density at radius 3 is 1.89 bits per heavy atom. The Balaban J connectivity index is 2.29. The molecule has 1 aliphatic rings. The van der Waals surface area contributed by atoms with Gasteiger partial charge in [0, 0.05) is 23.5 Å². The molecular formula is C30H56O5Si2. The third-order valence-corrected chi connectivity index (χ3v) is 18.1. The van der Waals surface area contributed by atoms with E-state index in [-0.39, 0.29) is 46.5 Å². The summed E-state index contributed by atoms with van der Waals surface area (Å²) in [6.45, 7) is 30.6. The standard InChI is InChI=1S/C30H56O5Si2/c1-21-20-32-28(24-15-17-25(31-10)18-16-24)33-27(21)23(3)26(35-37(13,14)30(7,8)9)19-22(2)34-36(11,12)29(4,5)6/h15-18,21-23,26-28H,19-20H2,1-14H3/t21-,22+,23-,26-,27-,28-/m0/s1. The first-order chi connectivity index (χ1) is 16.8. The number of rotatable bonds is 10. The van der Waals surface area contributed by atoms with Gasteiger partial charge in [-0.3, -0.25) is 0 Å². The summed E-state index contributed by atoms with van der Waals surface area (Å²) in [5.74, 6) is 1.29. The van der Waals surface area contributed by atoms with Gasteiger partial charge in [-0.25, -0.2) is 0 Å². The van der Waals surface area contributed by atoms with Crippen LogP contribution in [0.15, 0.2) is 24.3 Å². The molecule has 1 aromatic carbocycles. The van der Waals surface area contributed by atoms with Crippen LogP contribution in [0, 0.1) is 11.8 Å². The van der Waals surface area contributed by atoms with Gasteiger partial charge in [0.1, 0.15) is 5.75 Å². The second kappa shape index (κ2) is 12.2. The predicted octanol–water partition coefficient (Wildman–Crippen LogP) is 8.57. The quantitative estimate of drug-likeness (QED) is 0.272. The van der Waals surface area contributed by atoms with Crippen LogP contribution in [0.2, 0.25) is 36.3 Å². The second-order valence-corrected chi connectivity index (χ2v) is 23.7. The Morgan fingerprint density at radius 1 is 0.892 bits per heavy atom. The Bertz CT molecular complexity index is 841. The van der Waals surface area contributed by atoms with Crippen molar-refractivity contribution in [2.75, 3.05) is 13.7 Å². The first-order valence-electron chi connectivity index (χ1n) is 14.1. The molecule has 0 spiro atoms. The first-order valence-corrected chi connectivity index (χ1v) is 19.9. The topological polar surface area (TPSA) is 46.2 Å². The van der Waals surface area contributed by atoms with E-state index in [0.29, 0.717) is 6.61 Å². The molecule has 1 fully saturated rings. The van der Waals surface area contributed by atoms with Gasteiger partial charge in [0.2, 0.25) is 0 Å². The highest BCUT2D eigenvalue weighted by Crippen LogP contribution is 2.42. The molecule has 6 atom stereocenters. The fourth-order valence-corrected chi connectivity index (χ4v) is 7.30. The molecule has 0 saturated carbocycles. The molecule has 1 saturated heterocycles. The van der Waals surface area contributed by atoms with Crippen LogP contribution < -0.4 is 4.74 Å². The fourth-order valence-electron chi connectivity index (χ4n) is 4.42. The molecule has 1 aromatic rings. The van der Waals surface area contributed by atoms with Gasteiger partial charge in [0.15, 0.2) is 22.9 Å². The van der Waals surface area contributed by atoms with Crippen LogP contribution in [0.4, 0.5) is 0 Å². The summed E-state index contributed by atoms with van der Waals surface area (Å²) in [6, 6.07) is 7.98. The first kappa shape index (κ1) is 32.5. The molecule has 37 heavy (non-hydrogen) atoms. The van der Waals surface area contributed by atoms with Gasteiger partial charge in [-0.15, -0.1) is 0 Å². The van der Waals surface area contributed by atoms with Crippen molar-refractivity contribution in [3.8, 4) is 5.75 Å². The number of hydrogen-bond acceptors (Lipinski definition) is 5. The van der Waals surface area contributed by atoms with E-state index in [4.69, 9.17) is 23.1 Å². The van der Waals surface area contributed by atoms with Crippen molar-refractivity contribution in [1.29, 1.82) is 0 Å². The molecule has 0 aliphatic carbocycles. The Kier molecular flexibility index (Phi) is 10.7. The average Bonchev–Trinajstić information content (AvgIpc) is 2.76. The van der Waals surface area contributed by atoms with E-state index in [0.717, 1.165) is 17.7 Å². The number of benzene rings is 1. The van der Waals surface area contributed by atoms with Crippen LogP contribution in [0.25, 0.3) is 0 Å². The molecule has 0 radical (unpaired) electrons. The van der Waals surface area contributed by atoms with E-state index < -0.39 is 16.6 Å². The van der Waals surface area contributed by atoms with Gasteiger partial charge in [0.05, 0.1) is 25.9 Å². The molecule has 0 bridgehead atoms. The second-order valence-electron chi connectivity index (χ2n) is 14.2. The molecule has 1 aliphatic heterocycles. The third kappa shape index (κ3) is 8.39. The summed E-state index contributed by atoms with van der Waals surface area (Å²) in [5, 5.41) is 0.300. The average molecular weight is 553 g/mol. The lowest BCUT2D eigenvalue weighted by atomic mass is 9.86. The molecule has 0 aromatic heterocycles. The van der Waals surface area contributed by atoms with Crippen LogP contribution in [-0.2, 0) is 18.3 Å². The summed E-state index contributed by atoms with van der Waals surface area (Å²) in [5.41, 5.74) is 1.02. The number of ether oxygens (including phenoxy) is 3. The van der Waals surface area contributed by atoms with E-state index in [2.05, 4.69) is 88.5 Å². The van der Waals surface area contributed by atoms with Gasteiger partial charge >= 0.3 is 0 Å². The maximum absolute atomic E-state index is 7.14. The van der Waals surface area contributed by atoms with Crippen molar-refractivity contribution in [1.82, 2.24) is 0 Å². The molecular weight excluding hydrogens is 496 g/mol. The van der Waals surface area contributed by atoms with Gasteiger partial charge in [-0.05, 0) is 61.7 Å². The predicted molar refractivity (Wildman–Crippen MR) is 159 cm³/mol.